The van der Waals surface area contributed by atoms with E-state index in [0.717, 1.165) is 23.6 Å². The first-order valence-corrected chi connectivity index (χ1v) is 8.67. The molecule has 1 aliphatic heterocycles. The van der Waals surface area contributed by atoms with Crippen LogP contribution in [0.2, 0.25) is 0 Å². The summed E-state index contributed by atoms with van der Waals surface area (Å²) >= 11 is 1.50. The number of hydrogen-bond acceptors (Lipinski definition) is 3. The second-order valence-electron chi connectivity index (χ2n) is 5.80. The second-order valence-corrected chi connectivity index (χ2v) is 6.74. The minimum absolute atomic E-state index is 0.175. The van der Waals surface area contributed by atoms with E-state index in [4.69, 9.17) is 0 Å². The van der Waals surface area contributed by atoms with E-state index in [1.165, 1.54) is 28.4 Å². The van der Waals surface area contributed by atoms with Gasteiger partial charge in [0.2, 0.25) is 5.91 Å². The quantitative estimate of drug-likeness (QED) is 0.753. The summed E-state index contributed by atoms with van der Waals surface area (Å²) in [6.07, 6.45) is 4.54. The summed E-state index contributed by atoms with van der Waals surface area (Å²) in [6.45, 7) is 1.47. The van der Waals surface area contributed by atoms with Crippen molar-refractivity contribution in [2.45, 2.75) is 18.1 Å². The molecule has 0 unspecified atom stereocenters. The number of nitrogens with one attached hydrogen (secondary N) is 1. The van der Waals surface area contributed by atoms with Crippen LogP contribution in [0.15, 0.2) is 41.8 Å². The third-order valence-electron chi connectivity index (χ3n) is 4.34. The predicted molar refractivity (Wildman–Crippen MR) is 91.4 cm³/mol. The van der Waals surface area contributed by atoms with Crippen molar-refractivity contribution in [2.75, 3.05) is 12.3 Å². The van der Waals surface area contributed by atoms with E-state index in [1.807, 2.05) is 34.8 Å². The number of fused-ring (bicyclic) bond motifs is 3. The Balaban J connectivity index is 1.49. The summed E-state index contributed by atoms with van der Waals surface area (Å²) in [6, 6.07) is 8.31. The lowest BCUT2D eigenvalue weighted by molar-refractivity contribution is -0.129. The molecular formula is C17H18N4OS. The van der Waals surface area contributed by atoms with Crippen LogP contribution in [0.25, 0.3) is 10.9 Å². The summed E-state index contributed by atoms with van der Waals surface area (Å²) in [7, 11) is 1.94. The van der Waals surface area contributed by atoms with Crippen LogP contribution in [-0.2, 0) is 24.8 Å². The molecule has 118 valence electrons. The van der Waals surface area contributed by atoms with Crippen LogP contribution in [0.3, 0.4) is 0 Å². The summed E-state index contributed by atoms with van der Waals surface area (Å²) in [5.41, 5.74) is 3.70. The first-order valence-electron chi connectivity index (χ1n) is 7.69. The Labute approximate surface area is 138 Å². The number of thioether (sulfide) groups is 1. The molecule has 3 heterocycles. The first kappa shape index (κ1) is 14.4. The van der Waals surface area contributed by atoms with Gasteiger partial charge in [-0.15, -0.1) is 0 Å². The average molecular weight is 326 g/mol. The third kappa shape index (κ3) is 2.63. The number of aryl methyl sites for hydroxylation is 1. The maximum atomic E-state index is 12.5. The number of hydrogen-bond donors (Lipinski definition) is 1. The van der Waals surface area contributed by atoms with Gasteiger partial charge in [-0.1, -0.05) is 30.0 Å². The molecule has 1 amide bonds. The van der Waals surface area contributed by atoms with Crippen LogP contribution < -0.4 is 0 Å². The molecule has 0 saturated heterocycles. The molecule has 1 aliphatic rings. The number of amides is 1. The Bertz CT molecular complexity index is 866. The number of imidazole rings is 1. The zero-order chi connectivity index (χ0) is 15.8. The van der Waals surface area contributed by atoms with Crippen molar-refractivity contribution in [3.63, 3.8) is 0 Å². The highest BCUT2D eigenvalue weighted by atomic mass is 32.2. The van der Waals surface area contributed by atoms with Crippen molar-refractivity contribution in [1.29, 1.82) is 0 Å². The molecule has 0 aliphatic carbocycles. The number of H-pyrrole nitrogens is 1. The molecule has 4 rings (SSSR count). The van der Waals surface area contributed by atoms with Gasteiger partial charge in [0, 0.05) is 61.1 Å². The van der Waals surface area contributed by atoms with Gasteiger partial charge >= 0.3 is 0 Å². The fraction of sp³-hybridized carbons (Fsp3) is 0.294. The molecule has 1 N–H and O–H groups in total. The van der Waals surface area contributed by atoms with Gasteiger partial charge in [-0.05, 0) is 6.07 Å². The third-order valence-corrected chi connectivity index (χ3v) is 5.38. The minimum Gasteiger partial charge on any atom is -0.358 e. The van der Waals surface area contributed by atoms with Crippen molar-refractivity contribution in [3.05, 3.63) is 47.9 Å². The van der Waals surface area contributed by atoms with Crippen LogP contribution in [0.5, 0.6) is 0 Å². The molecule has 5 nitrogen and oxygen atoms in total. The van der Waals surface area contributed by atoms with Gasteiger partial charge in [-0.2, -0.15) is 0 Å². The van der Waals surface area contributed by atoms with Crippen LogP contribution in [0.4, 0.5) is 0 Å². The molecule has 23 heavy (non-hydrogen) atoms. The van der Waals surface area contributed by atoms with Crippen molar-refractivity contribution >= 4 is 28.6 Å². The number of nitrogens with zero attached hydrogens (tertiary/aromatic N) is 3. The van der Waals surface area contributed by atoms with Gasteiger partial charge < -0.3 is 14.5 Å². The Morgan fingerprint density at radius 3 is 3.09 bits per heavy atom. The lowest BCUT2D eigenvalue weighted by Crippen LogP contribution is -2.36. The Morgan fingerprint density at radius 1 is 1.39 bits per heavy atom. The number of carbonyl (C=O) groups excluding carboxylic acids is 1. The molecule has 0 bridgehead atoms. The number of aromatic amines is 1. The van der Waals surface area contributed by atoms with E-state index < -0.39 is 0 Å². The smallest absolute Gasteiger partial charge is 0.233 e. The number of rotatable bonds is 3. The topological polar surface area (TPSA) is 53.9 Å². The molecular weight excluding hydrogens is 308 g/mol. The average Bonchev–Trinajstić information content (AvgIpc) is 3.15. The summed E-state index contributed by atoms with van der Waals surface area (Å²) in [5.74, 6) is 0.608. The van der Waals surface area contributed by atoms with E-state index in [9.17, 15) is 4.79 Å². The van der Waals surface area contributed by atoms with E-state index in [2.05, 4.69) is 22.1 Å². The molecule has 1 aromatic carbocycles. The molecule has 2 aromatic heterocycles. The highest BCUT2D eigenvalue weighted by molar-refractivity contribution is 7.99. The van der Waals surface area contributed by atoms with E-state index >= 15 is 0 Å². The van der Waals surface area contributed by atoms with Gasteiger partial charge in [-0.25, -0.2) is 4.98 Å². The van der Waals surface area contributed by atoms with Gasteiger partial charge in [0.25, 0.3) is 0 Å². The van der Waals surface area contributed by atoms with Crippen LogP contribution >= 0.6 is 11.8 Å². The summed E-state index contributed by atoms with van der Waals surface area (Å²) < 4.78 is 1.94. The highest BCUT2D eigenvalue weighted by Crippen LogP contribution is 2.28. The molecule has 0 atom stereocenters. The van der Waals surface area contributed by atoms with Crippen molar-refractivity contribution in [1.82, 2.24) is 19.4 Å². The second kappa shape index (κ2) is 5.77. The van der Waals surface area contributed by atoms with Crippen LogP contribution in [0.1, 0.15) is 11.3 Å². The fourth-order valence-corrected chi connectivity index (χ4v) is 3.92. The van der Waals surface area contributed by atoms with Gasteiger partial charge in [-0.3, -0.25) is 4.79 Å². The zero-order valence-electron chi connectivity index (χ0n) is 13.0. The lowest BCUT2D eigenvalue weighted by Gasteiger charge is -2.27. The monoisotopic (exact) mass is 326 g/mol. The number of para-hydroxylation sites is 1. The largest absolute Gasteiger partial charge is 0.358 e. The van der Waals surface area contributed by atoms with Crippen molar-refractivity contribution in [2.24, 2.45) is 7.05 Å². The molecule has 0 spiro atoms. The molecule has 6 heteroatoms. The van der Waals surface area contributed by atoms with Gasteiger partial charge in [0.15, 0.2) is 5.16 Å². The lowest BCUT2D eigenvalue weighted by atomic mass is 10.0. The highest BCUT2D eigenvalue weighted by Gasteiger charge is 2.24. The Hall–Kier alpha value is -2.21. The zero-order valence-corrected chi connectivity index (χ0v) is 13.8. The van der Waals surface area contributed by atoms with Gasteiger partial charge in [0.1, 0.15) is 0 Å². The van der Waals surface area contributed by atoms with Crippen LogP contribution in [-0.4, -0.2) is 37.6 Å². The number of aromatic nitrogens is 3. The summed E-state index contributed by atoms with van der Waals surface area (Å²) in [5, 5.41) is 2.11. The standard InChI is InChI=1S/C17H18N4OS/c1-20-9-7-18-17(20)23-11-16(22)21-8-6-15-13(10-21)12-4-2-3-5-14(12)19-15/h2-5,7,9,19H,6,8,10-11H2,1H3. The SMILES string of the molecule is Cn1ccnc1SCC(=O)N1CCc2[nH]c3ccccc3c2C1. The molecule has 0 saturated carbocycles. The van der Waals surface area contributed by atoms with Crippen molar-refractivity contribution in [3.8, 4) is 0 Å². The minimum atomic E-state index is 0.175. The molecule has 3 aromatic rings. The van der Waals surface area contributed by atoms with E-state index in [0.29, 0.717) is 12.3 Å². The number of benzene rings is 1. The summed E-state index contributed by atoms with van der Waals surface area (Å²) in [4.78, 5) is 22.2. The van der Waals surface area contributed by atoms with E-state index in [-0.39, 0.29) is 5.91 Å². The Morgan fingerprint density at radius 2 is 2.26 bits per heavy atom. The predicted octanol–water partition coefficient (Wildman–Crippen LogP) is 2.58. The van der Waals surface area contributed by atoms with Crippen molar-refractivity contribution < 1.29 is 4.79 Å². The molecule has 0 fully saturated rings. The maximum absolute atomic E-state index is 12.5. The first-order chi connectivity index (χ1) is 11.2. The maximum Gasteiger partial charge on any atom is 0.233 e. The fourth-order valence-electron chi connectivity index (χ4n) is 3.09. The van der Waals surface area contributed by atoms with E-state index in [1.54, 1.807) is 6.20 Å². The molecule has 0 radical (unpaired) electrons. The van der Waals surface area contributed by atoms with Crippen LogP contribution in [0, 0.1) is 0 Å². The normalized spacial score (nSPS) is 14.2. The number of carbonyl (C=O) groups is 1. The van der Waals surface area contributed by atoms with Gasteiger partial charge in [0.05, 0.1) is 5.75 Å². The Kier molecular flexibility index (Phi) is 3.61.